The van der Waals surface area contributed by atoms with Crippen LogP contribution >= 0.6 is 0 Å². The standard InChI is InChI=1S/C13H21N3O3/c17-12(6-1-2-7-13(18)19)15-8-4-3-5-11-9-14-10-16-11/h9-10H,1-8H2,(H,14,16)(H,15,17)(H,18,19). The number of nitrogens with zero attached hydrogens (tertiary/aromatic N) is 1. The second-order valence-corrected chi connectivity index (χ2v) is 4.48. The summed E-state index contributed by atoms with van der Waals surface area (Å²) >= 11 is 0. The quantitative estimate of drug-likeness (QED) is 0.560. The Morgan fingerprint density at radius 1 is 1.21 bits per heavy atom. The topological polar surface area (TPSA) is 95.1 Å². The molecule has 19 heavy (non-hydrogen) atoms. The Hall–Kier alpha value is -1.85. The lowest BCUT2D eigenvalue weighted by atomic mass is 10.2. The van der Waals surface area contributed by atoms with Gasteiger partial charge in [0.1, 0.15) is 0 Å². The van der Waals surface area contributed by atoms with Crippen molar-refractivity contribution >= 4 is 11.9 Å². The molecule has 1 aromatic heterocycles. The highest BCUT2D eigenvalue weighted by Gasteiger charge is 2.02. The summed E-state index contributed by atoms with van der Waals surface area (Å²) in [5.74, 6) is -0.800. The zero-order chi connectivity index (χ0) is 13.9. The molecule has 0 aliphatic carbocycles. The summed E-state index contributed by atoms with van der Waals surface area (Å²) in [6.07, 6.45) is 8.07. The number of carbonyl (C=O) groups is 2. The first kappa shape index (κ1) is 15.2. The molecule has 0 spiro atoms. The van der Waals surface area contributed by atoms with E-state index >= 15 is 0 Å². The fourth-order valence-corrected chi connectivity index (χ4v) is 1.74. The van der Waals surface area contributed by atoms with Crippen molar-refractivity contribution in [1.82, 2.24) is 15.3 Å². The highest BCUT2D eigenvalue weighted by molar-refractivity contribution is 5.75. The van der Waals surface area contributed by atoms with Crippen LogP contribution in [0.2, 0.25) is 0 Å². The molecule has 0 unspecified atom stereocenters. The van der Waals surface area contributed by atoms with Crippen LogP contribution < -0.4 is 5.32 Å². The molecule has 3 N–H and O–H groups in total. The number of aryl methyl sites for hydroxylation is 1. The number of unbranched alkanes of at least 4 members (excludes halogenated alkanes) is 2. The van der Waals surface area contributed by atoms with Crippen LogP contribution in [-0.4, -0.2) is 33.5 Å². The first-order chi connectivity index (χ1) is 9.18. The summed E-state index contributed by atoms with van der Waals surface area (Å²) in [5.41, 5.74) is 1.11. The second kappa shape index (κ2) is 9.13. The van der Waals surface area contributed by atoms with Crippen LogP contribution in [-0.2, 0) is 16.0 Å². The van der Waals surface area contributed by atoms with E-state index in [9.17, 15) is 9.59 Å². The lowest BCUT2D eigenvalue weighted by Gasteiger charge is -2.04. The minimum atomic E-state index is -0.806. The fraction of sp³-hybridized carbons (Fsp3) is 0.615. The molecule has 0 saturated heterocycles. The summed E-state index contributed by atoms with van der Waals surface area (Å²) in [7, 11) is 0. The van der Waals surface area contributed by atoms with Crippen LogP contribution in [0.4, 0.5) is 0 Å². The second-order valence-electron chi connectivity index (χ2n) is 4.48. The van der Waals surface area contributed by atoms with Crippen molar-refractivity contribution in [2.45, 2.75) is 44.9 Å². The molecule has 0 aromatic carbocycles. The summed E-state index contributed by atoms with van der Waals surface area (Å²) in [4.78, 5) is 28.7. The molecule has 1 heterocycles. The van der Waals surface area contributed by atoms with Gasteiger partial charge >= 0.3 is 5.97 Å². The molecule has 1 amide bonds. The first-order valence-corrected chi connectivity index (χ1v) is 6.64. The van der Waals surface area contributed by atoms with E-state index in [0.29, 0.717) is 25.8 Å². The van der Waals surface area contributed by atoms with E-state index in [-0.39, 0.29) is 12.3 Å². The van der Waals surface area contributed by atoms with Crippen molar-refractivity contribution < 1.29 is 14.7 Å². The molecule has 106 valence electrons. The lowest BCUT2D eigenvalue weighted by Crippen LogP contribution is -2.24. The average Bonchev–Trinajstić information content (AvgIpc) is 2.87. The predicted molar refractivity (Wildman–Crippen MR) is 70.6 cm³/mol. The van der Waals surface area contributed by atoms with Gasteiger partial charge in [-0.05, 0) is 32.1 Å². The van der Waals surface area contributed by atoms with Gasteiger partial charge in [0.2, 0.25) is 5.91 Å². The number of aromatic amines is 1. The van der Waals surface area contributed by atoms with Gasteiger partial charge in [0.05, 0.1) is 6.33 Å². The van der Waals surface area contributed by atoms with Crippen molar-refractivity contribution in [2.24, 2.45) is 0 Å². The highest BCUT2D eigenvalue weighted by atomic mass is 16.4. The zero-order valence-corrected chi connectivity index (χ0v) is 11.0. The van der Waals surface area contributed by atoms with Crippen LogP contribution in [0.3, 0.4) is 0 Å². The monoisotopic (exact) mass is 267 g/mol. The SMILES string of the molecule is O=C(O)CCCCC(=O)NCCCCc1cnc[nH]1. The number of H-pyrrole nitrogens is 1. The maximum Gasteiger partial charge on any atom is 0.303 e. The Morgan fingerprint density at radius 3 is 2.68 bits per heavy atom. The van der Waals surface area contributed by atoms with Crippen LogP contribution in [0.5, 0.6) is 0 Å². The molecule has 0 saturated carbocycles. The Labute approximate surface area is 112 Å². The summed E-state index contributed by atoms with van der Waals surface area (Å²) < 4.78 is 0. The third-order valence-electron chi connectivity index (χ3n) is 2.79. The minimum absolute atomic E-state index is 0.00642. The van der Waals surface area contributed by atoms with Crippen molar-refractivity contribution in [3.63, 3.8) is 0 Å². The number of aliphatic carboxylic acids is 1. The van der Waals surface area contributed by atoms with Gasteiger partial charge in [-0.15, -0.1) is 0 Å². The van der Waals surface area contributed by atoms with Crippen LogP contribution in [0.1, 0.15) is 44.2 Å². The minimum Gasteiger partial charge on any atom is -0.481 e. The van der Waals surface area contributed by atoms with Crippen molar-refractivity contribution in [3.05, 3.63) is 18.2 Å². The van der Waals surface area contributed by atoms with Crippen molar-refractivity contribution in [2.75, 3.05) is 6.54 Å². The van der Waals surface area contributed by atoms with Gasteiger partial charge < -0.3 is 15.4 Å². The highest BCUT2D eigenvalue weighted by Crippen LogP contribution is 2.01. The lowest BCUT2D eigenvalue weighted by molar-refractivity contribution is -0.137. The normalized spacial score (nSPS) is 10.3. The number of rotatable bonds is 10. The Kier molecular flexibility index (Phi) is 7.31. The van der Waals surface area contributed by atoms with Crippen molar-refractivity contribution in [3.8, 4) is 0 Å². The average molecular weight is 267 g/mol. The van der Waals surface area contributed by atoms with Gasteiger partial charge in [-0.25, -0.2) is 4.98 Å². The molecule has 0 aliphatic rings. The van der Waals surface area contributed by atoms with Crippen LogP contribution in [0, 0.1) is 0 Å². The molecule has 6 heteroatoms. The third kappa shape index (κ3) is 7.96. The molecule has 0 bridgehead atoms. The van der Waals surface area contributed by atoms with E-state index < -0.39 is 5.97 Å². The number of carboxylic acid groups (broad SMARTS) is 1. The first-order valence-electron chi connectivity index (χ1n) is 6.64. The maximum atomic E-state index is 11.4. The number of aromatic nitrogens is 2. The third-order valence-corrected chi connectivity index (χ3v) is 2.79. The molecule has 1 aromatic rings. The van der Waals surface area contributed by atoms with Gasteiger partial charge in [0, 0.05) is 31.3 Å². The number of carbonyl (C=O) groups excluding carboxylic acids is 1. The Balaban J connectivity index is 1.91. The summed E-state index contributed by atoms with van der Waals surface area (Å²) in [5, 5.41) is 11.3. The number of imidazole rings is 1. The summed E-state index contributed by atoms with van der Waals surface area (Å²) in [6, 6.07) is 0. The molecule has 0 fully saturated rings. The molecule has 0 atom stereocenters. The van der Waals surface area contributed by atoms with Crippen LogP contribution in [0.25, 0.3) is 0 Å². The van der Waals surface area contributed by atoms with E-state index in [4.69, 9.17) is 5.11 Å². The fourth-order valence-electron chi connectivity index (χ4n) is 1.74. The summed E-state index contributed by atoms with van der Waals surface area (Å²) in [6.45, 7) is 0.673. The molecular formula is C13H21N3O3. The maximum absolute atomic E-state index is 11.4. The van der Waals surface area contributed by atoms with E-state index in [0.717, 1.165) is 25.0 Å². The predicted octanol–water partition coefficient (Wildman–Crippen LogP) is 1.49. The largest absolute Gasteiger partial charge is 0.481 e. The Bertz CT molecular complexity index is 376. The smallest absolute Gasteiger partial charge is 0.303 e. The number of nitrogens with one attached hydrogen (secondary N) is 2. The van der Waals surface area contributed by atoms with Crippen LogP contribution in [0.15, 0.2) is 12.5 Å². The zero-order valence-electron chi connectivity index (χ0n) is 11.0. The number of hydrogen-bond donors (Lipinski definition) is 3. The number of hydrogen-bond acceptors (Lipinski definition) is 3. The molecular weight excluding hydrogens is 246 g/mol. The van der Waals surface area contributed by atoms with Gasteiger partial charge in [-0.1, -0.05) is 0 Å². The molecule has 1 rings (SSSR count). The van der Waals surface area contributed by atoms with E-state index in [1.165, 1.54) is 0 Å². The molecule has 0 aliphatic heterocycles. The van der Waals surface area contributed by atoms with Gasteiger partial charge in [0.15, 0.2) is 0 Å². The Morgan fingerprint density at radius 2 is 2.00 bits per heavy atom. The number of carboxylic acids is 1. The molecule has 6 nitrogen and oxygen atoms in total. The van der Waals surface area contributed by atoms with Crippen molar-refractivity contribution in [1.29, 1.82) is 0 Å². The van der Waals surface area contributed by atoms with E-state index in [2.05, 4.69) is 15.3 Å². The molecule has 0 radical (unpaired) electrons. The van der Waals surface area contributed by atoms with Gasteiger partial charge in [-0.2, -0.15) is 0 Å². The van der Waals surface area contributed by atoms with E-state index in [1.54, 1.807) is 12.5 Å². The van der Waals surface area contributed by atoms with Gasteiger partial charge in [-0.3, -0.25) is 9.59 Å². The number of amides is 1. The van der Waals surface area contributed by atoms with E-state index in [1.807, 2.05) is 0 Å². The van der Waals surface area contributed by atoms with Gasteiger partial charge in [0.25, 0.3) is 0 Å².